The average Bonchev–Trinajstić information content (AvgIpc) is 2.89. The van der Waals surface area contributed by atoms with E-state index in [-0.39, 0.29) is 57.9 Å². The van der Waals surface area contributed by atoms with Crippen LogP contribution in [0.2, 0.25) is 0 Å². The first-order chi connectivity index (χ1) is 18.3. The first kappa shape index (κ1) is 30.3. The Morgan fingerprint density at radius 1 is 1.13 bits per heavy atom. The summed E-state index contributed by atoms with van der Waals surface area (Å²) >= 11 is 0. The summed E-state index contributed by atoms with van der Waals surface area (Å²) in [5.74, 6) is -0.979. The summed E-state index contributed by atoms with van der Waals surface area (Å²) in [4.78, 5) is 38.3. The third-order valence-electron chi connectivity index (χ3n) is 8.16. The summed E-state index contributed by atoms with van der Waals surface area (Å²) in [6.07, 6.45) is 4.26. The Balaban J connectivity index is 1.81. The van der Waals surface area contributed by atoms with E-state index in [4.69, 9.17) is 9.47 Å². The Hall–Kier alpha value is -3.28. The number of carboxylic acid groups (broad SMARTS) is 1. The maximum Gasteiger partial charge on any atom is 0.309 e. The van der Waals surface area contributed by atoms with E-state index in [0.29, 0.717) is 38.6 Å². The minimum absolute atomic E-state index is 0.0501. The highest BCUT2D eigenvalue weighted by Crippen LogP contribution is 2.39. The van der Waals surface area contributed by atoms with Crippen molar-refractivity contribution in [2.75, 3.05) is 13.7 Å². The van der Waals surface area contributed by atoms with E-state index in [9.17, 15) is 24.8 Å². The number of hydrogen-bond donors (Lipinski definition) is 3. The van der Waals surface area contributed by atoms with Crippen LogP contribution in [0.15, 0.2) is 12.1 Å². The van der Waals surface area contributed by atoms with Crippen molar-refractivity contribution in [3.63, 3.8) is 0 Å². The third kappa shape index (κ3) is 7.43. The molecular formula is C30H43N3O6. The van der Waals surface area contributed by atoms with Crippen LogP contribution in [0, 0.1) is 34.0 Å². The fourth-order valence-corrected chi connectivity index (χ4v) is 5.50. The highest BCUT2D eigenvalue weighted by atomic mass is 16.5. The van der Waals surface area contributed by atoms with E-state index >= 15 is 0 Å². The van der Waals surface area contributed by atoms with Crippen LogP contribution >= 0.6 is 0 Å². The zero-order valence-electron chi connectivity index (χ0n) is 24.1. The van der Waals surface area contributed by atoms with Crippen molar-refractivity contribution in [1.29, 1.82) is 5.26 Å². The second kappa shape index (κ2) is 12.3. The number of nitrogens with zero attached hydrogens (tertiary/aromatic N) is 1. The first-order valence-electron chi connectivity index (χ1n) is 13.9. The first-order valence-corrected chi connectivity index (χ1v) is 13.9. The average molecular weight is 542 g/mol. The molecule has 0 radical (unpaired) electrons. The van der Waals surface area contributed by atoms with Gasteiger partial charge in [-0.05, 0) is 62.8 Å². The molecule has 3 atom stereocenters. The lowest BCUT2D eigenvalue weighted by atomic mass is 9.75. The number of nitrogens with one attached hydrogen (secondary N) is 2. The zero-order chi connectivity index (χ0) is 29.0. The molecular weight excluding hydrogens is 498 g/mol. The Morgan fingerprint density at radius 2 is 1.79 bits per heavy atom. The van der Waals surface area contributed by atoms with Gasteiger partial charge in [0.2, 0.25) is 5.91 Å². The molecule has 3 N–H and O–H groups in total. The molecule has 2 amide bonds. The summed E-state index contributed by atoms with van der Waals surface area (Å²) in [6.45, 7) is 10.5. The van der Waals surface area contributed by atoms with Crippen LogP contribution in [0.4, 0.5) is 0 Å². The van der Waals surface area contributed by atoms with Crippen molar-refractivity contribution in [2.45, 2.75) is 91.7 Å². The maximum atomic E-state index is 13.6. The van der Waals surface area contributed by atoms with Gasteiger partial charge in [-0.25, -0.2) is 0 Å². The molecule has 0 saturated heterocycles. The van der Waals surface area contributed by atoms with Gasteiger partial charge in [-0.1, -0.05) is 34.1 Å². The number of rotatable bonds is 8. The Kier molecular flexibility index (Phi) is 9.52. The summed E-state index contributed by atoms with van der Waals surface area (Å²) < 4.78 is 11.6. The van der Waals surface area contributed by atoms with Crippen molar-refractivity contribution in [1.82, 2.24) is 10.6 Å². The molecule has 2 saturated carbocycles. The Morgan fingerprint density at radius 3 is 2.36 bits per heavy atom. The van der Waals surface area contributed by atoms with E-state index in [1.54, 1.807) is 6.92 Å². The van der Waals surface area contributed by atoms with Crippen molar-refractivity contribution in [3.05, 3.63) is 23.3 Å². The van der Waals surface area contributed by atoms with Gasteiger partial charge < -0.3 is 25.2 Å². The van der Waals surface area contributed by atoms with Crippen LogP contribution < -0.4 is 20.1 Å². The van der Waals surface area contributed by atoms with Gasteiger partial charge in [-0.3, -0.25) is 14.4 Å². The minimum atomic E-state index is -0.815. The topological polar surface area (TPSA) is 138 Å². The van der Waals surface area contributed by atoms with Gasteiger partial charge in [0.25, 0.3) is 5.91 Å². The van der Waals surface area contributed by atoms with Crippen LogP contribution in [0.5, 0.6) is 11.5 Å². The highest BCUT2D eigenvalue weighted by Gasteiger charge is 2.39. The second-order valence-corrected chi connectivity index (χ2v) is 12.6. The number of carboxylic acids is 1. The SMILES string of the molecule is COc1cc(C#N)c(OC2CCC(C)(C(=O)O)CC2)cc1C(=O)N[C@H]1[C@@H](C(=O)NCC(C)(C)C)CCC[C@@H]1C. The van der Waals surface area contributed by atoms with E-state index in [1.807, 2.05) is 6.92 Å². The van der Waals surface area contributed by atoms with Crippen molar-refractivity contribution in [2.24, 2.45) is 22.7 Å². The van der Waals surface area contributed by atoms with Gasteiger partial charge in [0.1, 0.15) is 17.6 Å². The molecule has 9 nitrogen and oxygen atoms in total. The quantitative estimate of drug-likeness (QED) is 0.435. The van der Waals surface area contributed by atoms with Crippen molar-refractivity contribution >= 4 is 17.8 Å². The van der Waals surface area contributed by atoms with E-state index in [1.165, 1.54) is 19.2 Å². The van der Waals surface area contributed by atoms with Gasteiger partial charge in [-0.15, -0.1) is 0 Å². The molecule has 9 heteroatoms. The van der Waals surface area contributed by atoms with Crippen molar-refractivity contribution in [3.8, 4) is 17.6 Å². The minimum Gasteiger partial charge on any atom is -0.496 e. The van der Waals surface area contributed by atoms with Gasteiger partial charge in [0.15, 0.2) is 0 Å². The molecule has 3 rings (SSSR count). The number of amides is 2. The van der Waals surface area contributed by atoms with E-state index < -0.39 is 17.3 Å². The summed E-state index contributed by atoms with van der Waals surface area (Å²) in [5.41, 5.74) is -0.370. The monoisotopic (exact) mass is 541 g/mol. The Bertz CT molecular complexity index is 1110. The lowest BCUT2D eigenvalue weighted by Gasteiger charge is -2.37. The van der Waals surface area contributed by atoms with Gasteiger partial charge >= 0.3 is 5.97 Å². The van der Waals surface area contributed by atoms with Crippen molar-refractivity contribution < 1.29 is 29.0 Å². The molecule has 214 valence electrons. The number of ether oxygens (including phenoxy) is 2. The van der Waals surface area contributed by atoms with Crippen LogP contribution in [0.1, 0.15) is 95.5 Å². The van der Waals surface area contributed by atoms with E-state index in [0.717, 1.165) is 12.8 Å². The van der Waals surface area contributed by atoms with Crippen LogP contribution in [0.3, 0.4) is 0 Å². The van der Waals surface area contributed by atoms with E-state index in [2.05, 4.69) is 37.5 Å². The number of methoxy groups -OCH3 is 1. The molecule has 0 spiro atoms. The van der Waals surface area contributed by atoms with Crippen LogP contribution in [0.25, 0.3) is 0 Å². The molecule has 2 fully saturated rings. The zero-order valence-corrected chi connectivity index (χ0v) is 24.1. The predicted octanol–water partition coefficient (Wildman–Crippen LogP) is 4.68. The van der Waals surface area contributed by atoms with Gasteiger partial charge in [0.05, 0.1) is 35.7 Å². The van der Waals surface area contributed by atoms with Gasteiger partial charge in [0, 0.05) is 18.7 Å². The molecule has 1 aromatic rings. The second-order valence-electron chi connectivity index (χ2n) is 12.6. The molecule has 0 heterocycles. The molecule has 0 unspecified atom stereocenters. The van der Waals surface area contributed by atoms with Crippen LogP contribution in [-0.2, 0) is 9.59 Å². The molecule has 0 aliphatic heterocycles. The normalized spacial score (nSPS) is 27.1. The number of hydrogen-bond acceptors (Lipinski definition) is 6. The predicted molar refractivity (Wildman–Crippen MR) is 147 cm³/mol. The molecule has 1 aromatic carbocycles. The molecule has 0 aromatic heterocycles. The summed E-state index contributed by atoms with van der Waals surface area (Å²) in [5, 5.41) is 25.4. The fraction of sp³-hybridized carbons (Fsp3) is 0.667. The number of carbonyl (C=O) groups excluding carboxylic acids is 2. The number of benzene rings is 1. The summed E-state index contributed by atoms with van der Waals surface area (Å²) in [6, 6.07) is 4.79. The Labute approximate surface area is 231 Å². The number of aliphatic carboxylic acids is 1. The summed E-state index contributed by atoms with van der Waals surface area (Å²) in [7, 11) is 1.44. The number of carbonyl (C=O) groups is 3. The highest BCUT2D eigenvalue weighted by molar-refractivity contribution is 5.98. The fourth-order valence-electron chi connectivity index (χ4n) is 5.50. The third-order valence-corrected chi connectivity index (χ3v) is 8.16. The van der Waals surface area contributed by atoms with Crippen LogP contribution in [-0.4, -0.2) is 48.7 Å². The molecule has 2 aliphatic rings. The lowest BCUT2D eigenvalue weighted by Crippen LogP contribution is -2.52. The maximum absolute atomic E-state index is 13.6. The number of nitriles is 1. The molecule has 39 heavy (non-hydrogen) atoms. The largest absolute Gasteiger partial charge is 0.496 e. The smallest absolute Gasteiger partial charge is 0.309 e. The molecule has 0 bridgehead atoms. The molecule has 2 aliphatic carbocycles. The van der Waals surface area contributed by atoms with Gasteiger partial charge in [-0.2, -0.15) is 5.26 Å². The lowest BCUT2D eigenvalue weighted by molar-refractivity contribution is -0.150. The standard InChI is InChI=1S/C30H43N3O6/c1-18-8-7-9-21(26(34)32-17-29(2,3)4)25(18)33-27(35)22-15-23(19(16-31)14-24(22)38-6)39-20-10-12-30(5,13-11-20)28(36)37/h14-15,18,20-21,25H,7-13,17H2,1-6H3,(H,32,34)(H,33,35)(H,36,37)/t18-,20?,21-,25+,30?/m0/s1.